The van der Waals surface area contributed by atoms with Crippen LogP contribution in [0.25, 0.3) is 0 Å². The maximum atomic E-state index is 13.8. The van der Waals surface area contributed by atoms with Gasteiger partial charge < -0.3 is 9.47 Å². The number of ether oxygens (including phenoxy) is 2. The minimum Gasteiger partial charge on any atom is -0.466 e. The molecule has 0 fully saturated rings. The highest BCUT2D eigenvalue weighted by atomic mass is 19.3. The van der Waals surface area contributed by atoms with Gasteiger partial charge in [0.1, 0.15) is 23.2 Å². The molecule has 0 saturated heterocycles. The van der Waals surface area contributed by atoms with E-state index in [0.717, 1.165) is 12.1 Å². The predicted octanol–water partition coefficient (Wildman–Crippen LogP) is 2.40. The summed E-state index contributed by atoms with van der Waals surface area (Å²) >= 11 is 0. The number of nitrogens with zero attached hydrogens (tertiary/aromatic N) is 1. The van der Waals surface area contributed by atoms with Gasteiger partial charge in [0.15, 0.2) is 0 Å². The second-order valence-corrected chi connectivity index (χ2v) is 3.38. The third kappa shape index (κ3) is 3.88. The molecular weight excluding hydrogens is 263 g/mol. The molecule has 0 amide bonds. The summed E-state index contributed by atoms with van der Waals surface area (Å²) in [6.45, 7) is -1.44. The molecule has 1 aromatic carbocycles. The van der Waals surface area contributed by atoms with Gasteiger partial charge in [-0.1, -0.05) is 6.07 Å². The largest absolute Gasteiger partial charge is 0.466 e. The summed E-state index contributed by atoms with van der Waals surface area (Å²) in [6.07, 6.45) is -0.386. The van der Waals surface area contributed by atoms with Gasteiger partial charge in [-0.3, -0.25) is 4.79 Å². The third-order valence-corrected chi connectivity index (χ3v) is 2.15. The first-order valence-electron chi connectivity index (χ1n) is 5.31. The number of carbonyl (C=O) groups excluding carboxylic acids is 1. The molecular formula is C12H10F3NO3. The molecule has 102 valence electrons. The van der Waals surface area contributed by atoms with Crippen LogP contribution in [0.1, 0.15) is 18.1 Å². The van der Waals surface area contributed by atoms with Gasteiger partial charge in [-0.05, 0) is 13.0 Å². The lowest BCUT2D eigenvalue weighted by atomic mass is 10.1. The van der Waals surface area contributed by atoms with Gasteiger partial charge in [0.2, 0.25) is 0 Å². The van der Waals surface area contributed by atoms with Crippen molar-refractivity contribution in [3.05, 3.63) is 29.1 Å². The maximum absolute atomic E-state index is 13.8. The van der Waals surface area contributed by atoms with E-state index in [-0.39, 0.29) is 18.6 Å². The number of carbonyl (C=O) groups is 1. The van der Waals surface area contributed by atoms with Gasteiger partial charge in [0, 0.05) is 5.56 Å². The Balaban J connectivity index is 3.04. The summed E-state index contributed by atoms with van der Waals surface area (Å²) in [5.74, 6) is -2.30. The Morgan fingerprint density at radius 1 is 1.47 bits per heavy atom. The van der Waals surface area contributed by atoms with Crippen LogP contribution in [0.3, 0.4) is 0 Å². The van der Waals surface area contributed by atoms with Gasteiger partial charge >= 0.3 is 12.6 Å². The van der Waals surface area contributed by atoms with Crippen molar-refractivity contribution in [3.8, 4) is 11.8 Å². The van der Waals surface area contributed by atoms with Gasteiger partial charge in [0.05, 0.1) is 13.0 Å². The van der Waals surface area contributed by atoms with Crippen LogP contribution in [-0.2, 0) is 16.0 Å². The number of hydrogen-bond acceptors (Lipinski definition) is 4. The molecule has 0 atom stereocenters. The number of halogens is 3. The Morgan fingerprint density at radius 2 is 2.16 bits per heavy atom. The quantitative estimate of drug-likeness (QED) is 0.773. The third-order valence-electron chi connectivity index (χ3n) is 2.15. The first-order chi connectivity index (χ1) is 8.99. The summed E-state index contributed by atoms with van der Waals surface area (Å²) in [4.78, 5) is 11.2. The summed E-state index contributed by atoms with van der Waals surface area (Å²) in [6, 6.07) is 3.55. The molecule has 0 N–H and O–H groups in total. The molecule has 0 aromatic heterocycles. The van der Waals surface area contributed by atoms with Crippen LogP contribution >= 0.6 is 0 Å². The molecule has 1 rings (SSSR count). The van der Waals surface area contributed by atoms with Crippen molar-refractivity contribution in [3.63, 3.8) is 0 Å². The molecule has 0 heterocycles. The number of benzene rings is 1. The summed E-state index contributed by atoms with van der Waals surface area (Å²) in [7, 11) is 0. The van der Waals surface area contributed by atoms with Crippen molar-refractivity contribution in [2.45, 2.75) is 20.0 Å². The first kappa shape index (κ1) is 14.8. The second kappa shape index (κ2) is 6.64. The molecule has 7 heteroatoms. The lowest BCUT2D eigenvalue weighted by Crippen LogP contribution is -2.11. The number of alkyl halides is 2. The van der Waals surface area contributed by atoms with E-state index in [1.165, 1.54) is 6.07 Å². The topological polar surface area (TPSA) is 59.3 Å². The Labute approximate surface area is 107 Å². The highest BCUT2D eigenvalue weighted by molar-refractivity contribution is 5.73. The van der Waals surface area contributed by atoms with Crippen molar-refractivity contribution in [1.82, 2.24) is 0 Å². The molecule has 1 aromatic rings. The molecule has 4 nitrogen and oxygen atoms in total. The lowest BCUT2D eigenvalue weighted by Gasteiger charge is -2.09. The standard InChI is InChI=1S/C12H10F3NO3/c1-2-18-10(17)5-7-3-4-9(19-12(14)15)8(6-16)11(7)13/h3-4,12H,2,5H2,1H3. The van der Waals surface area contributed by atoms with Crippen LogP contribution in [0.15, 0.2) is 12.1 Å². The van der Waals surface area contributed by atoms with Gasteiger partial charge in [-0.2, -0.15) is 14.0 Å². The molecule has 0 spiro atoms. The van der Waals surface area contributed by atoms with E-state index < -0.39 is 29.7 Å². The highest BCUT2D eigenvalue weighted by Crippen LogP contribution is 2.25. The molecule has 0 saturated carbocycles. The zero-order valence-electron chi connectivity index (χ0n) is 9.95. The molecule has 0 unspecified atom stereocenters. The minimum atomic E-state index is -3.16. The van der Waals surface area contributed by atoms with Crippen molar-refractivity contribution < 1.29 is 27.4 Å². The van der Waals surface area contributed by atoms with Crippen LogP contribution in [0.2, 0.25) is 0 Å². The van der Waals surface area contributed by atoms with Crippen molar-refractivity contribution >= 4 is 5.97 Å². The highest BCUT2D eigenvalue weighted by Gasteiger charge is 2.18. The number of rotatable bonds is 5. The maximum Gasteiger partial charge on any atom is 0.387 e. The smallest absolute Gasteiger partial charge is 0.387 e. The van der Waals surface area contributed by atoms with E-state index in [1.54, 1.807) is 6.92 Å². The zero-order valence-corrected chi connectivity index (χ0v) is 9.95. The van der Waals surface area contributed by atoms with Crippen LogP contribution in [0, 0.1) is 17.1 Å². The second-order valence-electron chi connectivity index (χ2n) is 3.38. The lowest BCUT2D eigenvalue weighted by molar-refractivity contribution is -0.142. The predicted molar refractivity (Wildman–Crippen MR) is 58.1 cm³/mol. The van der Waals surface area contributed by atoms with Gasteiger partial charge in [-0.15, -0.1) is 0 Å². The van der Waals surface area contributed by atoms with E-state index in [0.29, 0.717) is 0 Å². The Bertz CT molecular complexity index is 512. The monoisotopic (exact) mass is 273 g/mol. The van der Waals surface area contributed by atoms with Crippen molar-refractivity contribution in [2.24, 2.45) is 0 Å². The van der Waals surface area contributed by atoms with Crippen molar-refractivity contribution in [2.75, 3.05) is 6.61 Å². The van der Waals surface area contributed by atoms with Gasteiger partial charge in [-0.25, -0.2) is 4.39 Å². The molecule has 19 heavy (non-hydrogen) atoms. The van der Waals surface area contributed by atoms with Crippen LogP contribution in [-0.4, -0.2) is 19.2 Å². The fourth-order valence-corrected chi connectivity index (χ4v) is 1.40. The molecule has 0 bridgehead atoms. The fourth-order valence-electron chi connectivity index (χ4n) is 1.40. The average molecular weight is 273 g/mol. The Kier molecular flexibility index (Phi) is 5.18. The minimum absolute atomic E-state index is 0.114. The number of hydrogen-bond donors (Lipinski definition) is 0. The fraction of sp³-hybridized carbons (Fsp3) is 0.333. The Hall–Kier alpha value is -2.23. The normalized spacial score (nSPS) is 10.1. The molecule has 0 aliphatic carbocycles. The van der Waals surface area contributed by atoms with Crippen LogP contribution in [0.4, 0.5) is 13.2 Å². The number of esters is 1. The first-order valence-corrected chi connectivity index (χ1v) is 5.31. The van der Waals surface area contributed by atoms with E-state index >= 15 is 0 Å². The van der Waals surface area contributed by atoms with Gasteiger partial charge in [0.25, 0.3) is 0 Å². The van der Waals surface area contributed by atoms with Crippen LogP contribution in [0.5, 0.6) is 5.75 Å². The molecule has 0 radical (unpaired) electrons. The average Bonchev–Trinajstić information content (AvgIpc) is 2.33. The van der Waals surface area contributed by atoms with E-state index in [4.69, 9.17) is 5.26 Å². The Morgan fingerprint density at radius 3 is 2.68 bits per heavy atom. The molecule has 0 aliphatic rings. The number of nitriles is 1. The zero-order chi connectivity index (χ0) is 14.4. The summed E-state index contributed by atoms with van der Waals surface area (Å²) < 4.78 is 46.6. The molecule has 0 aliphatic heterocycles. The van der Waals surface area contributed by atoms with Crippen molar-refractivity contribution in [1.29, 1.82) is 5.26 Å². The SMILES string of the molecule is CCOC(=O)Cc1ccc(OC(F)F)c(C#N)c1F. The van der Waals surface area contributed by atoms with E-state index in [2.05, 4.69) is 9.47 Å². The van der Waals surface area contributed by atoms with E-state index in [1.807, 2.05) is 0 Å². The summed E-state index contributed by atoms with van der Waals surface area (Å²) in [5, 5.41) is 8.74. The van der Waals surface area contributed by atoms with E-state index in [9.17, 15) is 18.0 Å². The van der Waals surface area contributed by atoms with Crippen LogP contribution < -0.4 is 4.74 Å². The summed E-state index contributed by atoms with van der Waals surface area (Å²) in [5.41, 5.74) is -0.779.